The van der Waals surface area contributed by atoms with Gasteiger partial charge in [-0.2, -0.15) is 0 Å². The Bertz CT molecular complexity index is 653. The molecule has 4 heteroatoms. The lowest BCUT2D eigenvalue weighted by atomic mass is 10.1. The fraction of sp³-hybridized carbons (Fsp3) is 0.400. The van der Waals surface area contributed by atoms with Crippen LogP contribution in [0.3, 0.4) is 0 Å². The van der Waals surface area contributed by atoms with Gasteiger partial charge in [-0.1, -0.05) is 36.4 Å². The van der Waals surface area contributed by atoms with E-state index in [1.165, 1.54) is 29.7 Å². The van der Waals surface area contributed by atoms with Crippen LogP contribution in [0.2, 0.25) is 0 Å². The summed E-state index contributed by atoms with van der Waals surface area (Å²) >= 11 is 0. The molecule has 126 valence electrons. The molecule has 0 amide bonds. The van der Waals surface area contributed by atoms with Crippen molar-refractivity contribution >= 4 is 5.69 Å². The maximum absolute atomic E-state index is 8.52. The van der Waals surface area contributed by atoms with E-state index in [0.717, 1.165) is 31.7 Å². The van der Waals surface area contributed by atoms with Gasteiger partial charge in [0.25, 0.3) is 0 Å². The molecule has 1 aliphatic carbocycles. The van der Waals surface area contributed by atoms with Crippen molar-refractivity contribution in [2.75, 3.05) is 31.1 Å². The van der Waals surface area contributed by atoms with Crippen LogP contribution in [0.5, 0.6) is 0 Å². The van der Waals surface area contributed by atoms with E-state index in [0.29, 0.717) is 6.04 Å². The number of anilines is 1. The second kappa shape index (κ2) is 6.93. The van der Waals surface area contributed by atoms with Crippen LogP contribution in [-0.2, 0) is 24.3 Å². The highest BCUT2D eigenvalue weighted by Gasteiger charge is 2.29. The SMILES string of the molecule is OOCc1ccc(N2CCN(C3Cc4ccccc4C3)CC2)cc1. The molecular formula is C20H24N2O2. The van der Waals surface area contributed by atoms with E-state index in [4.69, 9.17) is 5.26 Å². The van der Waals surface area contributed by atoms with Crippen LogP contribution in [0.1, 0.15) is 16.7 Å². The highest BCUT2D eigenvalue weighted by atomic mass is 17.1. The van der Waals surface area contributed by atoms with Crippen molar-refractivity contribution < 1.29 is 10.1 Å². The largest absolute Gasteiger partial charge is 0.369 e. The molecule has 2 aliphatic rings. The zero-order chi connectivity index (χ0) is 16.4. The highest BCUT2D eigenvalue weighted by Crippen LogP contribution is 2.27. The summed E-state index contributed by atoms with van der Waals surface area (Å²) in [5, 5.41) is 8.52. The van der Waals surface area contributed by atoms with E-state index in [-0.39, 0.29) is 6.61 Å². The van der Waals surface area contributed by atoms with Crippen molar-refractivity contribution in [3.63, 3.8) is 0 Å². The topological polar surface area (TPSA) is 35.9 Å². The van der Waals surface area contributed by atoms with Gasteiger partial charge in [0, 0.05) is 37.9 Å². The summed E-state index contributed by atoms with van der Waals surface area (Å²) in [4.78, 5) is 9.29. The molecular weight excluding hydrogens is 300 g/mol. The van der Waals surface area contributed by atoms with E-state index in [9.17, 15) is 0 Å². The summed E-state index contributed by atoms with van der Waals surface area (Å²) in [6, 6.07) is 17.8. The normalized spacial score (nSPS) is 18.8. The fourth-order valence-corrected chi connectivity index (χ4v) is 4.02. The molecule has 24 heavy (non-hydrogen) atoms. The van der Waals surface area contributed by atoms with Gasteiger partial charge in [0.15, 0.2) is 0 Å². The molecule has 0 atom stereocenters. The predicted molar refractivity (Wildman–Crippen MR) is 95.3 cm³/mol. The Hall–Kier alpha value is -1.88. The fourth-order valence-electron chi connectivity index (χ4n) is 4.02. The first-order chi connectivity index (χ1) is 11.8. The third kappa shape index (κ3) is 3.18. The first-order valence-electron chi connectivity index (χ1n) is 8.74. The molecule has 0 saturated carbocycles. The molecule has 2 aromatic carbocycles. The van der Waals surface area contributed by atoms with Crippen molar-refractivity contribution in [3.8, 4) is 0 Å². The van der Waals surface area contributed by atoms with Gasteiger partial charge in [-0.3, -0.25) is 10.2 Å². The van der Waals surface area contributed by atoms with Crippen molar-refractivity contribution in [1.29, 1.82) is 0 Å². The van der Waals surface area contributed by atoms with Crippen LogP contribution in [0, 0.1) is 0 Å². The average molecular weight is 324 g/mol. The Kier molecular flexibility index (Phi) is 4.52. The molecule has 0 spiro atoms. The van der Waals surface area contributed by atoms with Crippen LogP contribution in [0.4, 0.5) is 5.69 Å². The zero-order valence-corrected chi connectivity index (χ0v) is 13.9. The first-order valence-corrected chi connectivity index (χ1v) is 8.74. The Balaban J connectivity index is 1.34. The summed E-state index contributed by atoms with van der Waals surface area (Å²) in [6.07, 6.45) is 2.40. The molecule has 4 nitrogen and oxygen atoms in total. The molecule has 1 heterocycles. The summed E-state index contributed by atoms with van der Waals surface area (Å²) in [5.74, 6) is 0. The lowest BCUT2D eigenvalue weighted by Crippen LogP contribution is -2.50. The number of piperazine rings is 1. The minimum Gasteiger partial charge on any atom is -0.369 e. The van der Waals surface area contributed by atoms with Crippen LogP contribution in [0.25, 0.3) is 0 Å². The van der Waals surface area contributed by atoms with Gasteiger partial charge in [0.2, 0.25) is 0 Å². The first kappa shape index (κ1) is 15.6. The highest BCUT2D eigenvalue weighted by molar-refractivity contribution is 5.48. The molecule has 0 unspecified atom stereocenters. The minimum atomic E-state index is 0.246. The lowest BCUT2D eigenvalue weighted by Gasteiger charge is -2.39. The van der Waals surface area contributed by atoms with E-state index in [1.54, 1.807) is 0 Å². The lowest BCUT2D eigenvalue weighted by molar-refractivity contribution is -0.253. The van der Waals surface area contributed by atoms with Crippen LogP contribution >= 0.6 is 0 Å². The van der Waals surface area contributed by atoms with E-state index in [2.05, 4.69) is 51.1 Å². The molecule has 0 aromatic heterocycles. The molecule has 0 radical (unpaired) electrons. The molecule has 1 saturated heterocycles. The van der Waals surface area contributed by atoms with Crippen molar-refractivity contribution in [3.05, 3.63) is 65.2 Å². The third-order valence-corrected chi connectivity index (χ3v) is 5.39. The second-order valence-corrected chi connectivity index (χ2v) is 6.79. The maximum Gasteiger partial charge on any atom is 0.107 e. The Labute approximate surface area is 143 Å². The summed E-state index contributed by atoms with van der Waals surface area (Å²) in [5.41, 5.74) is 5.31. The second-order valence-electron chi connectivity index (χ2n) is 6.79. The molecule has 0 bridgehead atoms. The predicted octanol–water partition coefficient (Wildman–Crippen LogP) is 2.97. The Morgan fingerprint density at radius 3 is 2.08 bits per heavy atom. The van der Waals surface area contributed by atoms with Gasteiger partial charge in [0.1, 0.15) is 6.61 Å². The molecule has 2 aromatic rings. The van der Waals surface area contributed by atoms with Crippen LogP contribution < -0.4 is 4.90 Å². The standard InChI is InChI=1S/C20H24N2O2/c23-24-15-16-5-7-19(8-6-16)21-9-11-22(12-10-21)20-13-17-3-1-2-4-18(17)14-20/h1-8,20,23H,9-15H2. The van der Waals surface area contributed by atoms with Gasteiger partial charge in [-0.15, -0.1) is 0 Å². The molecule has 1 N–H and O–H groups in total. The average Bonchev–Trinajstić information content (AvgIpc) is 3.07. The number of rotatable bonds is 4. The quantitative estimate of drug-likeness (QED) is 0.693. The zero-order valence-electron chi connectivity index (χ0n) is 13.9. The van der Waals surface area contributed by atoms with Crippen molar-refractivity contribution in [1.82, 2.24) is 4.90 Å². The number of benzene rings is 2. The van der Waals surface area contributed by atoms with Gasteiger partial charge in [-0.25, -0.2) is 4.89 Å². The summed E-state index contributed by atoms with van der Waals surface area (Å²) < 4.78 is 0. The summed E-state index contributed by atoms with van der Waals surface area (Å²) in [6.45, 7) is 4.64. The van der Waals surface area contributed by atoms with Gasteiger partial charge in [0.05, 0.1) is 0 Å². The number of fused-ring (bicyclic) bond motifs is 1. The van der Waals surface area contributed by atoms with Crippen molar-refractivity contribution in [2.45, 2.75) is 25.5 Å². The van der Waals surface area contributed by atoms with Crippen molar-refractivity contribution in [2.24, 2.45) is 0 Å². The van der Waals surface area contributed by atoms with Crippen LogP contribution in [0.15, 0.2) is 48.5 Å². The van der Waals surface area contributed by atoms with Gasteiger partial charge < -0.3 is 4.90 Å². The molecule has 1 fully saturated rings. The Morgan fingerprint density at radius 1 is 0.875 bits per heavy atom. The number of hydrogen-bond donors (Lipinski definition) is 1. The van der Waals surface area contributed by atoms with Gasteiger partial charge >= 0.3 is 0 Å². The molecule has 1 aliphatic heterocycles. The Morgan fingerprint density at radius 2 is 1.50 bits per heavy atom. The van der Waals surface area contributed by atoms with Gasteiger partial charge in [-0.05, 0) is 41.7 Å². The summed E-state index contributed by atoms with van der Waals surface area (Å²) in [7, 11) is 0. The smallest absolute Gasteiger partial charge is 0.107 e. The van der Waals surface area contributed by atoms with E-state index in [1.807, 2.05) is 12.1 Å². The monoisotopic (exact) mass is 324 g/mol. The van der Waals surface area contributed by atoms with E-state index >= 15 is 0 Å². The molecule has 4 rings (SSSR count). The van der Waals surface area contributed by atoms with Crippen LogP contribution in [-0.4, -0.2) is 42.4 Å². The number of hydrogen-bond acceptors (Lipinski definition) is 4. The minimum absolute atomic E-state index is 0.246. The number of nitrogens with zero attached hydrogens (tertiary/aromatic N) is 2. The van der Waals surface area contributed by atoms with E-state index < -0.39 is 0 Å². The third-order valence-electron chi connectivity index (χ3n) is 5.39. The maximum atomic E-state index is 8.52.